The zero-order chi connectivity index (χ0) is 27.3. The molecule has 2 atom stereocenters. The van der Waals surface area contributed by atoms with Crippen LogP contribution < -0.4 is 4.74 Å². The van der Waals surface area contributed by atoms with Gasteiger partial charge in [0.05, 0.1) is 19.8 Å². The van der Waals surface area contributed by atoms with E-state index in [9.17, 15) is 19.8 Å². The van der Waals surface area contributed by atoms with Crippen LogP contribution >= 0.6 is 0 Å². The Morgan fingerprint density at radius 1 is 0.757 bits per heavy atom. The first kappa shape index (κ1) is 32.6. The topological polar surface area (TPSA) is 143 Å². The monoisotopic (exact) mass is 524 g/mol. The van der Waals surface area contributed by atoms with Crippen molar-refractivity contribution in [1.82, 2.24) is 0 Å². The molecule has 2 unspecified atom stereocenters. The van der Waals surface area contributed by atoms with Gasteiger partial charge in [-0.3, -0.25) is 0 Å². The van der Waals surface area contributed by atoms with E-state index in [0.29, 0.717) is 17.9 Å². The molecule has 0 heterocycles. The summed E-state index contributed by atoms with van der Waals surface area (Å²) in [5, 5.41) is 36.5. The predicted molar refractivity (Wildman–Crippen MR) is 140 cm³/mol. The molecule has 9 heteroatoms. The standard InChI is InChI=1S/C28H44O9/c1-2-3-4-5-6-7-8-9-10-11-16-35-25-14-12-22(13-15-25)17-26(27(33)36-20-23(31)18-29)28(34)37-21-24(32)19-30/h12-15,17,23-24,29-32H,2-11,16,18-21H2,1H3. The zero-order valence-corrected chi connectivity index (χ0v) is 22.0. The van der Waals surface area contributed by atoms with E-state index in [4.69, 9.17) is 24.4 Å². The van der Waals surface area contributed by atoms with Gasteiger partial charge in [0, 0.05) is 0 Å². The minimum atomic E-state index is -1.29. The molecule has 0 aromatic heterocycles. The molecule has 1 aromatic carbocycles. The molecule has 37 heavy (non-hydrogen) atoms. The second kappa shape index (κ2) is 20.6. The number of aliphatic hydroxyl groups excluding tert-OH is 4. The van der Waals surface area contributed by atoms with E-state index in [1.165, 1.54) is 57.4 Å². The minimum absolute atomic E-state index is 0.464. The van der Waals surface area contributed by atoms with Crippen molar-refractivity contribution in [2.75, 3.05) is 33.0 Å². The van der Waals surface area contributed by atoms with Crippen LogP contribution in [-0.2, 0) is 19.1 Å². The number of benzene rings is 1. The van der Waals surface area contributed by atoms with Gasteiger partial charge in [-0.2, -0.15) is 0 Å². The Kier molecular flexibility index (Phi) is 18.1. The molecule has 210 valence electrons. The Balaban J connectivity index is 2.55. The summed E-state index contributed by atoms with van der Waals surface area (Å²) in [6, 6.07) is 6.78. The first-order valence-electron chi connectivity index (χ1n) is 13.3. The molecular formula is C28H44O9. The second-order valence-corrected chi connectivity index (χ2v) is 9.03. The lowest BCUT2D eigenvalue weighted by molar-refractivity contribution is -0.150. The van der Waals surface area contributed by atoms with Crippen molar-refractivity contribution >= 4 is 18.0 Å². The summed E-state index contributed by atoms with van der Waals surface area (Å²) in [4.78, 5) is 24.8. The molecule has 1 rings (SSSR count). The number of carbonyl (C=O) groups is 2. The van der Waals surface area contributed by atoms with E-state index in [0.717, 1.165) is 12.8 Å². The van der Waals surface area contributed by atoms with Gasteiger partial charge in [0.2, 0.25) is 0 Å². The largest absolute Gasteiger partial charge is 0.494 e. The number of hydrogen-bond donors (Lipinski definition) is 4. The van der Waals surface area contributed by atoms with Gasteiger partial charge in [-0.15, -0.1) is 0 Å². The molecule has 0 saturated carbocycles. The number of unbranched alkanes of at least 4 members (excludes halogenated alkanes) is 9. The van der Waals surface area contributed by atoms with Crippen LogP contribution in [0.4, 0.5) is 0 Å². The highest BCUT2D eigenvalue weighted by Gasteiger charge is 2.23. The first-order chi connectivity index (χ1) is 17.9. The average Bonchev–Trinajstić information content (AvgIpc) is 2.92. The quantitative estimate of drug-likeness (QED) is 0.0627. The molecule has 4 N–H and O–H groups in total. The Hall–Kier alpha value is -2.46. The fourth-order valence-corrected chi connectivity index (χ4v) is 3.41. The van der Waals surface area contributed by atoms with Crippen molar-refractivity contribution in [1.29, 1.82) is 0 Å². The summed E-state index contributed by atoms with van der Waals surface area (Å²) in [5.41, 5.74) is 0.0370. The van der Waals surface area contributed by atoms with E-state index in [-0.39, 0.29) is 0 Å². The van der Waals surface area contributed by atoms with Crippen molar-refractivity contribution in [3.63, 3.8) is 0 Å². The third-order valence-corrected chi connectivity index (χ3v) is 5.63. The molecule has 0 saturated heterocycles. The molecule has 0 fully saturated rings. The van der Waals surface area contributed by atoms with E-state index < -0.39 is 56.1 Å². The highest BCUT2D eigenvalue weighted by molar-refractivity contribution is 6.17. The molecule has 1 aromatic rings. The average molecular weight is 525 g/mol. The van der Waals surface area contributed by atoms with Crippen LogP contribution in [0.5, 0.6) is 5.75 Å². The van der Waals surface area contributed by atoms with Gasteiger partial charge >= 0.3 is 11.9 Å². The maximum absolute atomic E-state index is 12.4. The number of carbonyl (C=O) groups excluding carboxylic acids is 2. The highest BCUT2D eigenvalue weighted by atomic mass is 16.6. The van der Waals surface area contributed by atoms with Gasteiger partial charge in [0.15, 0.2) is 0 Å². The summed E-state index contributed by atoms with van der Waals surface area (Å²) >= 11 is 0. The third kappa shape index (κ3) is 15.4. The molecular weight excluding hydrogens is 480 g/mol. The van der Waals surface area contributed by atoms with Gasteiger partial charge < -0.3 is 34.6 Å². The van der Waals surface area contributed by atoms with E-state index in [1.54, 1.807) is 24.3 Å². The summed E-state index contributed by atoms with van der Waals surface area (Å²) in [5.74, 6) is -1.45. The summed E-state index contributed by atoms with van der Waals surface area (Å²) in [7, 11) is 0. The van der Waals surface area contributed by atoms with Crippen LogP contribution in [0.1, 0.15) is 76.7 Å². The molecule has 0 amide bonds. The molecule has 0 bridgehead atoms. The van der Waals surface area contributed by atoms with Crippen LogP contribution in [0, 0.1) is 0 Å². The lowest BCUT2D eigenvalue weighted by atomic mass is 10.1. The molecule has 9 nitrogen and oxygen atoms in total. The van der Waals surface area contributed by atoms with Gasteiger partial charge in [-0.05, 0) is 30.2 Å². The van der Waals surface area contributed by atoms with Crippen molar-refractivity contribution < 1.29 is 44.2 Å². The fraction of sp³-hybridized carbons (Fsp3) is 0.643. The highest BCUT2D eigenvalue weighted by Crippen LogP contribution is 2.17. The summed E-state index contributed by atoms with van der Waals surface area (Å²) < 4.78 is 15.5. The van der Waals surface area contributed by atoms with Crippen molar-refractivity contribution in [3.05, 3.63) is 35.4 Å². The minimum Gasteiger partial charge on any atom is -0.494 e. The van der Waals surface area contributed by atoms with Gasteiger partial charge in [0.25, 0.3) is 0 Å². The zero-order valence-electron chi connectivity index (χ0n) is 22.0. The van der Waals surface area contributed by atoms with Gasteiger partial charge in [-0.1, -0.05) is 76.8 Å². The molecule has 0 aliphatic carbocycles. The second-order valence-electron chi connectivity index (χ2n) is 9.03. The fourth-order valence-electron chi connectivity index (χ4n) is 3.41. The van der Waals surface area contributed by atoms with Crippen LogP contribution in [0.25, 0.3) is 6.08 Å². The number of rotatable bonds is 21. The summed E-state index contributed by atoms with van der Waals surface area (Å²) in [6.45, 7) is 0.596. The smallest absolute Gasteiger partial charge is 0.345 e. The lowest BCUT2D eigenvalue weighted by Gasteiger charge is -2.12. The van der Waals surface area contributed by atoms with Crippen molar-refractivity contribution in [3.8, 4) is 5.75 Å². The Morgan fingerprint density at radius 3 is 1.68 bits per heavy atom. The Bertz CT molecular complexity index is 748. The predicted octanol–water partition coefficient (Wildman–Crippen LogP) is 3.16. The van der Waals surface area contributed by atoms with Crippen molar-refractivity contribution in [2.45, 2.75) is 83.3 Å². The number of esters is 2. The molecule has 0 aliphatic heterocycles. The third-order valence-electron chi connectivity index (χ3n) is 5.63. The van der Waals surface area contributed by atoms with Gasteiger partial charge in [-0.25, -0.2) is 9.59 Å². The number of aliphatic hydroxyl groups is 4. The SMILES string of the molecule is CCCCCCCCCCCCOc1ccc(C=C(C(=O)OCC(O)CO)C(=O)OCC(O)CO)cc1. The number of hydrogen-bond acceptors (Lipinski definition) is 9. The maximum Gasteiger partial charge on any atom is 0.345 e. The van der Waals surface area contributed by atoms with Crippen LogP contribution in [0.2, 0.25) is 0 Å². The Morgan fingerprint density at radius 2 is 1.22 bits per heavy atom. The molecule has 0 radical (unpaired) electrons. The maximum atomic E-state index is 12.4. The number of ether oxygens (including phenoxy) is 3. The first-order valence-corrected chi connectivity index (χ1v) is 13.3. The Labute approximate surface area is 220 Å². The van der Waals surface area contributed by atoms with E-state index >= 15 is 0 Å². The van der Waals surface area contributed by atoms with Crippen LogP contribution in [0.3, 0.4) is 0 Å². The van der Waals surface area contributed by atoms with E-state index in [2.05, 4.69) is 6.92 Å². The normalized spacial score (nSPS) is 12.5. The molecule has 0 spiro atoms. The molecule has 0 aliphatic rings. The van der Waals surface area contributed by atoms with E-state index in [1.807, 2.05) is 0 Å². The van der Waals surface area contributed by atoms with Crippen LogP contribution in [0.15, 0.2) is 29.8 Å². The summed E-state index contributed by atoms with van der Waals surface area (Å²) in [6.07, 6.45) is 11.2. The van der Waals surface area contributed by atoms with Gasteiger partial charge in [0.1, 0.15) is 36.7 Å². The van der Waals surface area contributed by atoms with Crippen molar-refractivity contribution in [2.24, 2.45) is 0 Å². The van der Waals surface area contributed by atoms with Crippen LogP contribution in [-0.4, -0.2) is 77.6 Å². The lowest BCUT2D eigenvalue weighted by Crippen LogP contribution is -2.27.